The van der Waals surface area contributed by atoms with Crippen molar-refractivity contribution in [3.05, 3.63) is 231 Å². The van der Waals surface area contributed by atoms with Gasteiger partial charge in [0, 0.05) is 66.2 Å². The fourth-order valence-electron chi connectivity index (χ4n) is 17.9. The molecule has 5 rings (SSSR count). The summed E-state index contributed by atoms with van der Waals surface area (Å²) in [5, 5.41) is 75.7. The van der Waals surface area contributed by atoms with Gasteiger partial charge in [-0.15, -0.1) is 11.8 Å². The summed E-state index contributed by atoms with van der Waals surface area (Å²) < 4.78 is 30.9. The quantitative estimate of drug-likeness (QED) is 0.0263. The van der Waals surface area contributed by atoms with Crippen LogP contribution in [-0.2, 0) is 52.4 Å². The Hall–Kier alpha value is -8.50. The van der Waals surface area contributed by atoms with Crippen molar-refractivity contribution in [3.63, 3.8) is 0 Å². The lowest BCUT2D eigenvalue weighted by Gasteiger charge is -2.34. The number of thioether (sulfide) groups is 1. The fourth-order valence-corrected chi connectivity index (χ4v) is 18.7. The average Bonchev–Trinajstić information content (AvgIpc) is 0.900. The third-order valence-electron chi connectivity index (χ3n) is 27.6. The van der Waals surface area contributed by atoms with E-state index in [2.05, 4.69) is 235 Å². The number of carbonyl (C=O) groups excluding carboxylic acids is 5. The molecule has 8 N–H and O–H groups in total. The Morgan fingerprint density at radius 3 is 0.800 bits per heavy atom. The fraction of sp³-hybridized carbons (Fsp3) is 0.625. The Balaban J connectivity index is 0.000000885. The molecule has 15 unspecified atom stereocenters. The first-order chi connectivity index (χ1) is 66.1. The van der Waals surface area contributed by atoms with Crippen molar-refractivity contribution in [2.24, 2.45) is 59.2 Å². The number of ether oxygens (including phenoxy) is 6. The normalized spacial score (nSPS) is 24.0. The molecule has 0 bridgehead atoms. The van der Waals surface area contributed by atoms with Gasteiger partial charge in [-0.3, -0.25) is 24.0 Å². The Morgan fingerprint density at radius 1 is 0.286 bits per heavy atom. The Kier molecular flexibility index (Phi) is 65.0. The molecule has 0 radical (unpaired) electrons. The first-order valence-electron chi connectivity index (χ1n) is 51.5. The van der Waals surface area contributed by atoms with Gasteiger partial charge in [0.15, 0.2) is 34.6 Å². The molecule has 0 amide bonds. The minimum Gasteiger partial charge on any atom is -0.508 e. The molecule has 0 saturated heterocycles. The highest BCUT2D eigenvalue weighted by molar-refractivity contribution is 8.02. The van der Waals surface area contributed by atoms with E-state index in [0.29, 0.717) is 54.2 Å². The zero-order valence-electron chi connectivity index (χ0n) is 92.9. The molecule has 140 heavy (non-hydrogen) atoms. The standard InChI is InChI=1S/C33H52O4.C24H39NO3.C24H38O3S.C23H36O4.C16H26O4/c1-23(2)13-9-14-24(3)15-10-16-25(4)17-11-18-26(5)19-12-20-27(6)21-22-29-28(7)30(34)32(36)33(37-8)31(29)35;1-16(2)10-8-11-17(3)12-9-13-18(4)14-15-20-19(5)22(26)21(25-6)24(28-7)23(20)27;1-16(2)10-8-11-17(3)12-9-13-18(4)14-15-20-19(5)21(25)23(27-6)24(28-7)22(20)26;1-15(2)9-7-10-16(3)11-8-12-17(4)13-14-19-18(5)20(24)23(27-6)22(26)21(19)25;1-6-7-10(2)8-9-12-11(3)13(17)15(19-4)16(20-5)14(12)18/h13,15,17,19,21,28-29,31,35-36H,9-12,14,16,18,20,22H2,1-8H3;10,12,14,19-20,23,25,27H,8-9,11,13,15H2,1-7H3;10,12,14,19-20,22,26H,8-9,11,13,15H2,1-7H3;9,11,13,18-19,21,24-25H,7-8,10,12,14H2,1-6H3;8,11-12,14,18H,6-7,9H2,1-5H3/b24-15+,25-17+,26-19+,27-21+;2*17-12+,18-14+;16-11+,17-13+;10-8+. The molecule has 20 heteroatoms. The summed E-state index contributed by atoms with van der Waals surface area (Å²) in [5.41, 5.74) is 20.9. The first kappa shape index (κ1) is 130. The summed E-state index contributed by atoms with van der Waals surface area (Å²) in [6.45, 7) is 52.2. The van der Waals surface area contributed by atoms with Gasteiger partial charge in [-0.05, 0) is 305 Å². The number of hydrogen-bond donors (Lipinski definition) is 8. The van der Waals surface area contributed by atoms with E-state index in [1.807, 2.05) is 34.0 Å². The van der Waals surface area contributed by atoms with Crippen LogP contribution in [0, 0.1) is 59.2 Å². The number of carbonyl (C=O) groups is 5. The third kappa shape index (κ3) is 46.0. The predicted molar refractivity (Wildman–Crippen MR) is 583 cm³/mol. The number of hydrogen-bond acceptors (Lipinski definition) is 20. The summed E-state index contributed by atoms with van der Waals surface area (Å²) in [6.07, 6.45) is 58.1. The first-order valence-corrected chi connectivity index (χ1v) is 52.7. The van der Waals surface area contributed by atoms with E-state index in [4.69, 9.17) is 28.4 Å². The van der Waals surface area contributed by atoms with Crippen molar-refractivity contribution in [1.29, 1.82) is 0 Å². The van der Waals surface area contributed by atoms with Crippen molar-refractivity contribution in [2.45, 2.75) is 377 Å². The lowest BCUT2D eigenvalue weighted by Crippen LogP contribution is -2.42. The van der Waals surface area contributed by atoms with Crippen molar-refractivity contribution in [3.8, 4) is 0 Å². The number of aliphatic hydroxyl groups excluding tert-OH is 7. The number of rotatable bonds is 50. The molecule has 790 valence electrons. The maximum Gasteiger partial charge on any atom is 0.229 e. The van der Waals surface area contributed by atoms with E-state index in [-0.39, 0.29) is 105 Å². The van der Waals surface area contributed by atoms with Crippen molar-refractivity contribution in [2.75, 3.05) is 56.0 Å². The minimum absolute atomic E-state index is 0.00290. The molecule has 0 aromatic rings. The van der Waals surface area contributed by atoms with Crippen LogP contribution < -0.4 is 5.32 Å². The second-order valence-corrected chi connectivity index (χ2v) is 41.4. The molecule has 0 heterocycles. The number of ketones is 5. The van der Waals surface area contributed by atoms with E-state index >= 15 is 0 Å². The maximum absolute atomic E-state index is 12.6. The van der Waals surface area contributed by atoms with Crippen molar-refractivity contribution in [1.82, 2.24) is 5.32 Å². The van der Waals surface area contributed by atoms with Gasteiger partial charge >= 0.3 is 0 Å². The molecule has 0 fully saturated rings. The highest BCUT2D eigenvalue weighted by Crippen LogP contribution is 2.42. The Morgan fingerprint density at radius 2 is 0.529 bits per heavy atom. The second-order valence-electron chi connectivity index (χ2n) is 40.5. The van der Waals surface area contributed by atoms with Crippen LogP contribution in [-0.4, -0.2) is 151 Å². The molecule has 0 saturated carbocycles. The van der Waals surface area contributed by atoms with E-state index in [1.54, 1.807) is 14.0 Å². The Bertz CT molecular complexity index is 4460. The molecule has 5 aliphatic rings. The summed E-state index contributed by atoms with van der Waals surface area (Å²) in [4.78, 5) is 62.4. The molecule has 15 atom stereocenters. The molecule has 0 aromatic heterocycles. The van der Waals surface area contributed by atoms with Crippen LogP contribution in [0.15, 0.2) is 231 Å². The zero-order valence-corrected chi connectivity index (χ0v) is 93.8. The maximum atomic E-state index is 12.6. The number of likely N-dealkylation sites (N-methyl/N-ethyl adjacent to an activating group) is 1. The van der Waals surface area contributed by atoms with Gasteiger partial charge in [-0.1, -0.05) is 223 Å². The topological polar surface area (TPSA) is 294 Å². The van der Waals surface area contributed by atoms with Crippen LogP contribution in [0.25, 0.3) is 0 Å². The van der Waals surface area contributed by atoms with E-state index in [9.17, 15) is 59.7 Å². The van der Waals surface area contributed by atoms with Gasteiger partial charge in [0.25, 0.3) is 0 Å². The van der Waals surface area contributed by atoms with Gasteiger partial charge in [0.2, 0.25) is 34.7 Å². The molecule has 0 aliphatic heterocycles. The highest BCUT2D eigenvalue weighted by atomic mass is 32.2. The second kappa shape index (κ2) is 70.3. The van der Waals surface area contributed by atoms with Gasteiger partial charge in [0.05, 0.1) is 53.7 Å². The highest BCUT2D eigenvalue weighted by Gasteiger charge is 2.46. The number of aliphatic hydroxyl groups is 7. The van der Waals surface area contributed by atoms with Crippen molar-refractivity contribution >= 4 is 40.7 Å². The molecule has 0 aromatic carbocycles. The van der Waals surface area contributed by atoms with Crippen LogP contribution in [0.2, 0.25) is 0 Å². The molecular formula is C120H191NO18S. The van der Waals surface area contributed by atoms with E-state index < -0.39 is 48.0 Å². The largest absolute Gasteiger partial charge is 0.508 e. The van der Waals surface area contributed by atoms with Gasteiger partial charge < -0.3 is 69.5 Å². The lowest BCUT2D eigenvalue weighted by molar-refractivity contribution is -0.132. The van der Waals surface area contributed by atoms with Gasteiger partial charge in [-0.25, -0.2) is 0 Å². The van der Waals surface area contributed by atoms with Crippen LogP contribution >= 0.6 is 11.8 Å². The lowest BCUT2D eigenvalue weighted by atomic mass is 9.76. The van der Waals surface area contributed by atoms with Crippen LogP contribution in [0.5, 0.6) is 0 Å². The van der Waals surface area contributed by atoms with Crippen molar-refractivity contribution < 1.29 is 88.1 Å². The van der Waals surface area contributed by atoms with Gasteiger partial charge in [-0.2, -0.15) is 0 Å². The Labute approximate surface area is 852 Å². The number of nitrogens with one attached hydrogen (secondary N) is 1. The van der Waals surface area contributed by atoms with Crippen LogP contribution in [0.3, 0.4) is 0 Å². The molecular weight excluding hydrogens is 1780 g/mol. The average molecular weight is 1970 g/mol. The zero-order chi connectivity index (χ0) is 106. The predicted octanol–water partition coefficient (Wildman–Crippen LogP) is 28.4. The number of Topliss-reactive ketones (excluding diaryl/α,β-unsaturated/α-hetero) is 5. The number of methoxy groups -OCH3 is 6. The third-order valence-corrected chi connectivity index (χ3v) is 28.5. The number of allylic oxidation sites excluding steroid dienone is 35. The smallest absolute Gasteiger partial charge is 0.229 e. The monoisotopic (exact) mass is 1970 g/mol. The van der Waals surface area contributed by atoms with E-state index in [1.165, 1.54) is 138 Å². The van der Waals surface area contributed by atoms with Crippen LogP contribution in [0.1, 0.15) is 346 Å². The molecule has 0 spiro atoms. The van der Waals surface area contributed by atoms with Gasteiger partial charge in [0.1, 0.15) is 35.9 Å². The SMILES string of the molecule is CCC/C(C)=C/CC1C(C)C(=O)C(OC)=C(OC)C1O.CNC1=C(OC)C(O)C(C/C=C(\C)CC/C=C(\C)CCC=C(C)C)C(C)C1=O.COC1=C(O)C(=O)C(C)C(C/C=C(\C)CC/C=C(\C)CC/C=C(\C)CC/C=C(\C)CCC=C(C)C)C1O.COC1=C(O)C(C)C(C/C=C(\C)CC/C=C(\C)CCC=C(C)C)C(O)C1=O.COC1=C(SC)C(O)C(C/C=C(\C)CC/C=C(\C)CCC=C(C)C)C(C)C1=O. The molecule has 19 nitrogen and oxygen atoms in total. The summed E-state index contributed by atoms with van der Waals surface area (Å²) in [6, 6.07) is 0. The summed E-state index contributed by atoms with van der Waals surface area (Å²) >= 11 is 1.41. The summed E-state index contributed by atoms with van der Waals surface area (Å²) in [7, 11) is 10.3. The minimum atomic E-state index is -1.13. The van der Waals surface area contributed by atoms with Crippen LogP contribution in [0.4, 0.5) is 0 Å². The summed E-state index contributed by atoms with van der Waals surface area (Å²) in [5.74, 6) is -3.02. The molecule has 5 aliphatic carbocycles. The van der Waals surface area contributed by atoms with E-state index in [0.717, 1.165) is 141 Å².